The molecule has 1 unspecified atom stereocenters. The van der Waals surface area contributed by atoms with Crippen molar-refractivity contribution < 1.29 is 17.9 Å². The minimum Gasteiger partial charge on any atom is -0.495 e. The number of alkyl halides is 3. The van der Waals surface area contributed by atoms with E-state index >= 15 is 0 Å². The third-order valence-corrected chi connectivity index (χ3v) is 2.45. The average Bonchev–Trinajstić information content (AvgIpc) is 2.14. The second-order valence-corrected chi connectivity index (χ2v) is 4.24. The molecule has 17 heavy (non-hydrogen) atoms. The predicted molar refractivity (Wildman–Crippen MR) is 60.4 cm³/mol. The van der Waals surface area contributed by atoms with E-state index in [-0.39, 0.29) is 16.8 Å². The zero-order chi connectivity index (χ0) is 13.2. The molecule has 96 valence electrons. The molecule has 1 atom stereocenters. The van der Waals surface area contributed by atoms with Crippen LogP contribution in [0.4, 0.5) is 13.2 Å². The van der Waals surface area contributed by atoms with E-state index in [0.29, 0.717) is 12.0 Å². The summed E-state index contributed by atoms with van der Waals surface area (Å²) in [6, 6.07) is 2.23. The van der Waals surface area contributed by atoms with Crippen LogP contribution >= 0.6 is 11.6 Å². The summed E-state index contributed by atoms with van der Waals surface area (Å²) in [7, 11) is 1.15. The number of nitrogens with two attached hydrogens (primary N) is 1. The third kappa shape index (κ3) is 3.51. The Morgan fingerprint density at radius 3 is 2.41 bits per heavy atom. The highest BCUT2D eigenvalue weighted by Crippen LogP contribution is 2.41. The monoisotopic (exact) mass is 267 g/mol. The molecule has 0 aliphatic heterocycles. The smallest absolute Gasteiger partial charge is 0.420 e. The van der Waals surface area contributed by atoms with Gasteiger partial charge >= 0.3 is 6.18 Å². The molecule has 0 saturated heterocycles. The fourth-order valence-electron chi connectivity index (χ4n) is 1.56. The Bertz CT molecular complexity index is 404. The molecule has 0 fully saturated rings. The minimum atomic E-state index is -4.50. The lowest BCUT2D eigenvalue weighted by Crippen LogP contribution is -2.18. The van der Waals surface area contributed by atoms with Crippen LogP contribution in [0.5, 0.6) is 5.75 Å². The molecule has 0 aliphatic rings. The molecule has 2 nitrogen and oxygen atoms in total. The van der Waals surface area contributed by atoms with Gasteiger partial charge in [-0.05, 0) is 31.0 Å². The lowest BCUT2D eigenvalue weighted by atomic mass is 10.0. The maximum Gasteiger partial charge on any atom is 0.420 e. The number of hydrogen-bond donors (Lipinski definition) is 1. The van der Waals surface area contributed by atoms with Gasteiger partial charge in [0.25, 0.3) is 0 Å². The van der Waals surface area contributed by atoms with E-state index in [9.17, 15) is 13.2 Å². The van der Waals surface area contributed by atoms with Crippen molar-refractivity contribution in [2.75, 3.05) is 7.11 Å². The molecular weight excluding hydrogens is 255 g/mol. The Morgan fingerprint density at radius 1 is 1.41 bits per heavy atom. The van der Waals surface area contributed by atoms with Crippen LogP contribution in [-0.4, -0.2) is 13.2 Å². The van der Waals surface area contributed by atoms with Crippen LogP contribution in [0.3, 0.4) is 0 Å². The standard InChI is InChI=1S/C11H13ClF3NO/c1-6(16)3-7-4-8(11(13,14)15)10(17-2)9(12)5-7/h4-6H,3,16H2,1-2H3. The molecule has 0 saturated carbocycles. The van der Waals surface area contributed by atoms with E-state index in [4.69, 9.17) is 17.3 Å². The molecule has 0 radical (unpaired) electrons. The van der Waals surface area contributed by atoms with E-state index in [0.717, 1.165) is 13.2 Å². The van der Waals surface area contributed by atoms with Crippen molar-refractivity contribution in [1.29, 1.82) is 0 Å². The van der Waals surface area contributed by atoms with Crippen molar-refractivity contribution in [1.82, 2.24) is 0 Å². The van der Waals surface area contributed by atoms with Gasteiger partial charge in [-0.15, -0.1) is 0 Å². The van der Waals surface area contributed by atoms with Crippen molar-refractivity contribution >= 4 is 11.6 Å². The maximum absolute atomic E-state index is 12.8. The largest absolute Gasteiger partial charge is 0.495 e. The van der Waals surface area contributed by atoms with Crippen LogP contribution in [0.2, 0.25) is 5.02 Å². The van der Waals surface area contributed by atoms with E-state index < -0.39 is 11.7 Å². The molecule has 0 spiro atoms. The Labute approximate surface area is 103 Å². The van der Waals surface area contributed by atoms with Crippen molar-refractivity contribution in [2.45, 2.75) is 25.6 Å². The van der Waals surface area contributed by atoms with Crippen LogP contribution < -0.4 is 10.5 Å². The number of ether oxygens (including phenoxy) is 1. The van der Waals surface area contributed by atoms with Crippen LogP contribution in [-0.2, 0) is 12.6 Å². The predicted octanol–water partition coefficient (Wildman–Crippen LogP) is 3.26. The SMILES string of the molecule is COc1c(Cl)cc(CC(C)N)cc1C(F)(F)F. The normalized spacial score (nSPS) is 13.6. The number of methoxy groups -OCH3 is 1. The molecule has 1 rings (SSSR count). The molecule has 0 heterocycles. The Hall–Kier alpha value is -0.940. The summed E-state index contributed by atoms with van der Waals surface area (Å²) in [5, 5.41) is -0.0574. The van der Waals surface area contributed by atoms with Crippen LogP contribution in [0.25, 0.3) is 0 Å². The molecular formula is C11H13ClF3NO. The lowest BCUT2D eigenvalue weighted by molar-refractivity contribution is -0.138. The molecule has 0 amide bonds. The number of halogens is 4. The number of benzene rings is 1. The van der Waals surface area contributed by atoms with Crippen molar-refractivity contribution in [3.63, 3.8) is 0 Å². The summed E-state index contributed by atoms with van der Waals surface area (Å²) in [4.78, 5) is 0. The Morgan fingerprint density at radius 2 is 2.00 bits per heavy atom. The third-order valence-electron chi connectivity index (χ3n) is 2.17. The van der Waals surface area contributed by atoms with Gasteiger partial charge in [-0.25, -0.2) is 0 Å². The Kier molecular flexibility index (Phi) is 4.27. The topological polar surface area (TPSA) is 35.2 Å². The van der Waals surface area contributed by atoms with Gasteiger partial charge in [0.2, 0.25) is 0 Å². The van der Waals surface area contributed by atoms with Crippen LogP contribution in [0.1, 0.15) is 18.1 Å². The first-order chi connectivity index (χ1) is 7.75. The first-order valence-corrected chi connectivity index (χ1v) is 5.32. The van der Waals surface area contributed by atoms with Gasteiger partial charge in [-0.2, -0.15) is 13.2 Å². The second kappa shape index (κ2) is 5.14. The Balaban J connectivity index is 3.29. The van der Waals surface area contributed by atoms with E-state index in [1.807, 2.05) is 0 Å². The molecule has 6 heteroatoms. The fourth-order valence-corrected chi connectivity index (χ4v) is 1.88. The summed E-state index contributed by atoms with van der Waals surface area (Å²) in [5.74, 6) is -0.354. The van der Waals surface area contributed by atoms with Gasteiger partial charge in [0.1, 0.15) is 5.75 Å². The minimum absolute atomic E-state index is 0.0574. The maximum atomic E-state index is 12.8. The summed E-state index contributed by atoms with van der Waals surface area (Å²) in [6.07, 6.45) is -4.17. The summed E-state index contributed by atoms with van der Waals surface area (Å²) in [6.45, 7) is 1.71. The van der Waals surface area contributed by atoms with Crippen LogP contribution in [0.15, 0.2) is 12.1 Å². The first-order valence-electron chi connectivity index (χ1n) is 4.95. The quantitative estimate of drug-likeness (QED) is 0.912. The average molecular weight is 268 g/mol. The highest BCUT2D eigenvalue weighted by atomic mass is 35.5. The molecule has 0 aliphatic carbocycles. The van der Waals surface area contributed by atoms with Crippen molar-refractivity contribution in [3.05, 3.63) is 28.3 Å². The second-order valence-electron chi connectivity index (χ2n) is 3.84. The fraction of sp³-hybridized carbons (Fsp3) is 0.455. The van der Waals surface area contributed by atoms with Gasteiger partial charge < -0.3 is 10.5 Å². The number of hydrogen-bond acceptors (Lipinski definition) is 2. The van der Waals surface area contributed by atoms with Gasteiger partial charge in [0.15, 0.2) is 0 Å². The van der Waals surface area contributed by atoms with Gasteiger partial charge in [-0.3, -0.25) is 0 Å². The highest BCUT2D eigenvalue weighted by molar-refractivity contribution is 6.32. The molecule has 1 aromatic rings. The first kappa shape index (κ1) is 14.1. The number of rotatable bonds is 3. The molecule has 1 aromatic carbocycles. The van der Waals surface area contributed by atoms with E-state index in [1.165, 1.54) is 6.07 Å². The van der Waals surface area contributed by atoms with Gasteiger partial charge in [0.05, 0.1) is 17.7 Å². The van der Waals surface area contributed by atoms with Crippen LogP contribution in [0, 0.1) is 0 Å². The zero-order valence-electron chi connectivity index (χ0n) is 9.44. The summed E-state index contributed by atoms with van der Waals surface area (Å²) >= 11 is 5.76. The van der Waals surface area contributed by atoms with E-state index in [1.54, 1.807) is 6.92 Å². The lowest BCUT2D eigenvalue weighted by Gasteiger charge is -2.16. The van der Waals surface area contributed by atoms with Gasteiger partial charge in [0, 0.05) is 6.04 Å². The molecule has 0 aromatic heterocycles. The van der Waals surface area contributed by atoms with Gasteiger partial charge in [-0.1, -0.05) is 11.6 Å². The zero-order valence-corrected chi connectivity index (χ0v) is 10.2. The molecule has 0 bridgehead atoms. The summed E-state index contributed by atoms with van der Waals surface area (Å²) in [5.41, 5.74) is 5.12. The summed E-state index contributed by atoms with van der Waals surface area (Å²) < 4.78 is 43.0. The van der Waals surface area contributed by atoms with Crippen molar-refractivity contribution in [2.24, 2.45) is 5.73 Å². The van der Waals surface area contributed by atoms with Crippen molar-refractivity contribution in [3.8, 4) is 5.75 Å². The van der Waals surface area contributed by atoms with E-state index in [2.05, 4.69) is 4.74 Å². The highest BCUT2D eigenvalue weighted by Gasteiger charge is 2.35. The molecule has 2 N–H and O–H groups in total.